The van der Waals surface area contributed by atoms with E-state index in [4.69, 9.17) is 0 Å². The van der Waals surface area contributed by atoms with Crippen molar-refractivity contribution in [3.05, 3.63) is 139 Å². The van der Waals surface area contributed by atoms with Crippen molar-refractivity contribution in [2.75, 3.05) is 0 Å². The van der Waals surface area contributed by atoms with Crippen LogP contribution in [-0.2, 0) is 0 Å². The van der Waals surface area contributed by atoms with Gasteiger partial charge < -0.3 is 9.13 Å². The lowest BCUT2D eigenvalue weighted by atomic mass is 9.91. The van der Waals surface area contributed by atoms with Crippen molar-refractivity contribution in [1.82, 2.24) is 9.13 Å². The van der Waals surface area contributed by atoms with Crippen LogP contribution in [0.1, 0.15) is 25.3 Å². The van der Waals surface area contributed by atoms with Crippen LogP contribution in [0.4, 0.5) is 0 Å². The molecule has 8 rings (SSSR count). The maximum atomic E-state index is 2.52. The van der Waals surface area contributed by atoms with Crippen LogP contribution >= 0.6 is 0 Å². The topological polar surface area (TPSA) is 9.86 Å². The van der Waals surface area contributed by atoms with Crippen molar-refractivity contribution in [1.29, 1.82) is 0 Å². The third-order valence-electron chi connectivity index (χ3n) is 8.39. The summed E-state index contributed by atoms with van der Waals surface area (Å²) in [6, 6.07) is 35.5. The molecule has 2 nitrogen and oxygen atoms in total. The first kappa shape index (κ1) is 21.5. The van der Waals surface area contributed by atoms with Gasteiger partial charge in [0, 0.05) is 38.3 Å². The lowest BCUT2D eigenvalue weighted by Crippen LogP contribution is -2.09. The Bertz CT molecular complexity index is 1900. The van der Waals surface area contributed by atoms with Crippen molar-refractivity contribution >= 4 is 49.3 Å². The van der Waals surface area contributed by atoms with Crippen molar-refractivity contribution in [3.8, 4) is 0 Å². The third-order valence-corrected chi connectivity index (χ3v) is 8.39. The Labute approximate surface area is 222 Å². The molecule has 0 spiro atoms. The molecule has 1 unspecified atom stereocenters. The van der Waals surface area contributed by atoms with E-state index in [0.29, 0.717) is 6.04 Å². The number of hydrogen-bond donors (Lipinski definition) is 0. The van der Waals surface area contributed by atoms with Gasteiger partial charge in [-0.1, -0.05) is 97.1 Å². The van der Waals surface area contributed by atoms with Crippen LogP contribution < -0.4 is 0 Å². The van der Waals surface area contributed by atoms with Crippen LogP contribution in [0.25, 0.3) is 49.3 Å². The molecule has 0 fully saturated rings. The Hall–Kier alpha value is -4.56. The summed E-state index contributed by atoms with van der Waals surface area (Å²) in [5, 5.41) is 5.33. The summed E-state index contributed by atoms with van der Waals surface area (Å²) in [5.41, 5.74) is 9.40. The molecule has 6 aromatic rings. The van der Waals surface area contributed by atoms with E-state index in [0.717, 1.165) is 19.3 Å². The maximum absolute atomic E-state index is 2.52. The van der Waals surface area contributed by atoms with E-state index in [1.54, 1.807) is 0 Å². The van der Waals surface area contributed by atoms with E-state index in [1.807, 2.05) is 0 Å². The molecule has 0 saturated heterocycles. The molecule has 0 amide bonds. The van der Waals surface area contributed by atoms with Crippen molar-refractivity contribution < 1.29 is 0 Å². The molecular formula is C36H28N2. The summed E-state index contributed by atoms with van der Waals surface area (Å²) in [6.45, 7) is 0. The molecule has 2 aliphatic carbocycles. The number of benzene rings is 4. The molecule has 4 aromatic carbocycles. The molecule has 2 aliphatic rings. The smallest absolute Gasteiger partial charge is 0.0560 e. The normalized spacial score (nSPS) is 17.8. The van der Waals surface area contributed by atoms with Crippen LogP contribution in [-0.4, -0.2) is 9.13 Å². The summed E-state index contributed by atoms with van der Waals surface area (Å²) < 4.78 is 4.98. The Balaban J connectivity index is 1.13. The lowest BCUT2D eigenvalue weighted by molar-refractivity contribution is 0.644. The zero-order valence-corrected chi connectivity index (χ0v) is 21.2. The van der Waals surface area contributed by atoms with E-state index in [1.165, 1.54) is 60.5 Å². The highest BCUT2D eigenvalue weighted by molar-refractivity contribution is 6.10. The number of aromatic nitrogens is 2. The van der Waals surface area contributed by atoms with Gasteiger partial charge in [0.05, 0.1) is 17.1 Å². The fourth-order valence-electron chi connectivity index (χ4n) is 6.63. The van der Waals surface area contributed by atoms with E-state index in [-0.39, 0.29) is 0 Å². The predicted octanol–water partition coefficient (Wildman–Crippen LogP) is 9.59. The van der Waals surface area contributed by atoms with Gasteiger partial charge in [-0.05, 0) is 60.8 Å². The van der Waals surface area contributed by atoms with Gasteiger partial charge in [-0.2, -0.15) is 0 Å². The first-order valence-corrected chi connectivity index (χ1v) is 13.6. The Morgan fingerprint density at radius 1 is 0.553 bits per heavy atom. The van der Waals surface area contributed by atoms with E-state index in [9.17, 15) is 0 Å². The van der Waals surface area contributed by atoms with Gasteiger partial charge in [-0.3, -0.25) is 0 Å². The SMILES string of the molecule is C1=CC(n2c3ccccc3c3ccccc32)CC=C1C1=CC=C(n2c3ccccc3c3ccccc32)CC1. The predicted molar refractivity (Wildman–Crippen MR) is 161 cm³/mol. The van der Waals surface area contributed by atoms with Gasteiger partial charge >= 0.3 is 0 Å². The quantitative estimate of drug-likeness (QED) is 0.235. The van der Waals surface area contributed by atoms with E-state index >= 15 is 0 Å². The summed E-state index contributed by atoms with van der Waals surface area (Å²) in [5.74, 6) is 0. The molecule has 0 bridgehead atoms. The Morgan fingerprint density at radius 3 is 1.58 bits per heavy atom. The number of fused-ring (bicyclic) bond motifs is 6. The number of hydrogen-bond acceptors (Lipinski definition) is 0. The average Bonchev–Trinajstić information content (AvgIpc) is 3.51. The van der Waals surface area contributed by atoms with Crippen molar-refractivity contribution in [3.63, 3.8) is 0 Å². The summed E-state index contributed by atoms with van der Waals surface area (Å²) in [4.78, 5) is 0. The second-order valence-electron chi connectivity index (χ2n) is 10.4. The highest BCUT2D eigenvalue weighted by atomic mass is 15.0. The highest BCUT2D eigenvalue weighted by Gasteiger charge is 2.20. The molecule has 2 heteroatoms. The first-order chi connectivity index (χ1) is 18.9. The second kappa shape index (κ2) is 8.49. The molecule has 1 atom stereocenters. The van der Waals surface area contributed by atoms with Gasteiger partial charge in [0.2, 0.25) is 0 Å². The average molecular weight is 489 g/mol. The Morgan fingerprint density at radius 2 is 1.08 bits per heavy atom. The molecule has 0 saturated carbocycles. The second-order valence-corrected chi connectivity index (χ2v) is 10.4. The number of para-hydroxylation sites is 4. The molecule has 0 N–H and O–H groups in total. The lowest BCUT2D eigenvalue weighted by Gasteiger charge is -2.23. The first-order valence-electron chi connectivity index (χ1n) is 13.6. The van der Waals surface area contributed by atoms with Gasteiger partial charge in [-0.25, -0.2) is 0 Å². The van der Waals surface area contributed by atoms with Crippen LogP contribution in [0.15, 0.2) is 139 Å². The van der Waals surface area contributed by atoms with E-state index < -0.39 is 0 Å². The van der Waals surface area contributed by atoms with Gasteiger partial charge in [0.25, 0.3) is 0 Å². The summed E-state index contributed by atoms with van der Waals surface area (Å²) in [7, 11) is 0. The van der Waals surface area contributed by atoms with Gasteiger partial charge in [0.15, 0.2) is 0 Å². The zero-order chi connectivity index (χ0) is 25.1. The standard InChI is InChI=1S/C36H28N2/c1-5-13-33-29(9-1)30-10-2-6-14-34(30)37(33)27-21-17-25(18-22-27)26-19-23-28(24-20-26)38-35-15-7-3-11-31(35)32-12-4-8-16-36(32)38/h1-19,21,23,27H,20,22,24H2. The van der Waals surface area contributed by atoms with Gasteiger partial charge in [-0.15, -0.1) is 0 Å². The van der Waals surface area contributed by atoms with Gasteiger partial charge in [0.1, 0.15) is 0 Å². The minimum atomic E-state index is 0.330. The molecule has 182 valence electrons. The third kappa shape index (κ3) is 3.20. The monoisotopic (exact) mass is 488 g/mol. The summed E-state index contributed by atoms with van der Waals surface area (Å²) in [6.07, 6.45) is 15.0. The minimum absolute atomic E-state index is 0.330. The molecule has 0 aliphatic heterocycles. The number of allylic oxidation sites excluding steroid dienone is 8. The van der Waals surface area contributed by atoms with Crippen LogP contribution in [0.3, 0.4) is 0 Å². The fourth-order valence-corrected chi connectivity index (χ4v) is 6.63. The zero-order valence-electron chi connectivity index (χ0n) is 21.2. The van der Waals surface area contributed by atoms with Crippen molar-refractivity contribution in [2.45, 2.75) is 25.3 Å². The van der Waals surface area contributed by atoms with Crippen molar-refractivity contribution in [2.24, 2.45) is 0 Å². The number of rotatable bonds is 3. The maximum Gasteiger partial charge on any atom is 0.0560 e. The molecule has 38 heavy (non-hydrogen) atoms. The largest absolute Gasteiger partial charge is 0.333 e. The molecule has 2 heterocycles. The molecule has 2 aromatic heterocycles. The van der Waals surface area contributed by atoms with Crippen LogP contribution in [0, 0.1) is 0 Å². The number of nitrogens with zero attached hydrogens (tertiary/aromatic N) is 2. The highest BCUT2D eigenvalue weighted by Crippen LogP contribution is 2.38. The Kier molecular flexibility index (Phi) is 4.81. The molecule has 0 radical (unpaired) electrons. The van der Waals surface area contributed by atoms with Crippen LogP contribution in [0.5, 0.6) is 0 Å². The minimum Gasteiger partial charge on any atom is -0.333 e. The fraction of sp³-hybridized carbons (Fsp3) is 0.111. The summed E-state index contributed by atoms with van der Waals surface area (Å²) >= 11 is 0. The molecular weight excluding hydrogens is 460 g/mol. The van der Waals surface area contributed by atoms with E-state index in [2.05, 4.69) is 137 Å². The van der Waals surface area contributed by atoms with Crippen LogP contribution in [0.2, 0.25) is 0 Å².